The Kier molecular flexibility index (Phi) is 7.79. The summed E-state index contributed by atoms with van der Waals surface area (Å²) in [5.41, 5.74) is -0.262. The molecule has 3 rings (SSSR count). The van der Waals surface area contributed by atoms with E-state index < -0.39 is 8.32 Å². The van der Waals surface area contributed by atoms with Crippen LogP contribution >= 0.6 is 0 Å². The molecule has 3 atom stereocenters. The van der Waals surface area contributed by atoms with E-state index in [0.717, 1.165) is 37.4 Å². The maximum Gasteiger partial charge on any atom is 0.299 e. The molecule has 0 radical (unpaired) electrons. The fourth-order valence-electron chi connectivity index (χ4n) is 5.08. The van der Waals surface area contributed by atoms with Crippen LogP contribution in [-0.2, 0) is 9.22 Å². The molecule has 0 spiro atoms. The second-order valence-electron chi connectivity index (χ2n) is 8.44. The largest absolute Gasteiger partial charge is 0.519 e. The van der Waals surface area contributed by atoms with Crippen LogP contribution in [0.15, 0.2) is 12.2 Å². The smallest absolute Gasteiger partial charge is 0.299 e. The minimum atomic E-state index is -1.89. The predicted octanol–water partition coefficient (Wildman–Crippen LogP) is 6.87. The Morgan fingerprint density at radius 1 is 0.960 bits per heavy atom. The van der Waals surface area contributed by atoms with E-state index in [-0.39, 0.29) is 11.4 Å². The predicted molar refractivity (Wildman–Crippen MR) is 109 cm³/mol. The first kappa shape index (κ1) is 20.7. The van der Waals surface area contributed by atoms with E-state index in [4.69, 9.17) is 4.43 Å². The molecule has 25 heavy (non-hydrogen) atoms. The van der Waals surface area contributed by atoms with Crippen molar-refractivity contribution in [1.82, 2.24) is 0 Å². The monoisotopic (exact) mass is 364 g/mol. The maximum atomic E-state index is 13.6. The van der Waals surface area contributed by atoms with Gasteiger partial charge in [0.05, 0.1) is 5.41 Å². The molecule has 1 fully saturated rings. The zero-order chi connectivity index (χ0) is 18.3. The van der Waals surface area contributed by atoms with Crippen molar-refractivity contribution in [3.63, 3.8) is 0 Å². The van der Waals surface area contributed by atoms with Gasteiger partial charge in [0.1, 0.15) is 0 Å². The minimum Gasteiger partial charge on any atom is -0.519 e. The van der Waals surface area contributed by atoms with E-state index in [9.17, 15) is 4.79 Å². The van der Waals surface area contributed by atoms with Crippen molar-refractivity contribution in [1.29, 1.82) is 0 Å². The van der Waals surface area contributed by atoms with E-state index in [0.29, 0.717) is 11.8 Å². The number of carbonyl (C=O) groups excluding carboxylic acids is 1. The van der Waals surface area contributed by atoms with Gasteiger partial charge in [-0.25, -0.2) is 0 Å². The lowest BCUT2D eigenvalue weighted by molar-refractivity contribution is -0.152. The molecule has 0 aromatic carbocycles. The Balaban J connectivity index is 2.28. The molecule has 144 valence electrons. The van der Waals surface area contributed by atoms with Gasteiger partial charge in [0.2, 0.25) is 0 Å². The van der Waals surface area contributed by atoms with Gasteiger partial charge in [0.15, 0.2) is 0 Å². The van der Waals surface area contributed by atoms with Gasteiger partial charge in [-0.2, -0.15) is 0 Å². The van der Waals surface area contributed by atoms with Crippen molar-refractivity contribution in [2.45, 2.75) is 104 Å². The average molecular weight is 365 g/mol. The summed E-state index contributed by atoms with van der Waals surface area (Å²) in [5.74, 6) is 1.12. The van der Waals surface area contributed by atoms with Crippen molar-refractivity contribution < 1.29 is 9.22 Å². The molecule has 0 aromatic heterocycles. The highest BCUT2D eigenvalue weighted by Gasteiger charge is 2.49. The zero-order valence-electron chi connectivity index (χ0n) is 17.1. The van der Waals surface area contributed by atoms with Crippen molar-refractivity contribution in [2.24, 2.45) is 17.3 Å². The van der Waals surface area contributed by atoms with Crippen LogP contribution in [0.5, 0.6) is 0 Å². The number of hydrogen-bond donors (Lipinski definition) is 0. The van der Waals surface area contributed by atoms with Crippen LogP contribution in [0.4, 0.5) is 0 Å². The second-order valence-corrected chi connectivity index (χ2v) is 13.1. The molecule has 0 aliphatic heterocycles. The molecule has 1 saturated carbocycles. The highest BCUT2D eigenvalue weighted by Crippen LogP contribution is 2.48. The normalized spacial score (nSPS) is 30.7. The first-order chi connectivity index (χ1) is 12.1. The first-order valence-electron chi connectivity index (χ1n) is 11.0. The van der Waals surface area contributed by atoms with Gasteiger partial charge in [-0.15, -0.1) is 0 Å². The first-order valence-corrected chi connectivity index (χ1v) is 13.5. The molecule has 0 aromatic rings. The third kappa shape index (κ3) is 4.59. The molecule has 2 bridgehead atoms. The van der Waals surface area contributed by atoms with E-state index in [1.165, 1.54) is 38.5 Å². The van der Waals surface area contributed by atoms with Crippen LogP contribution in [0.25, 0.3) is 0 Å². The van der Waals surface area contributed by atoms with Crippen LogP contribution in [0.1, 0.15) is 85.5 Å². The van der Waals surface area contributed by atoms with E-state index in [1.807, 2.05) is 0 Å². The zero-order valence-corrected chi connectivity index (χ0v) is 18.1. The van der Waals surface area contributed by atoms with E-state index >= 15 is 0 Å². The Morgan fingerprint density at radius 2 is 1.56 bits per heavy atom. The lowest BCUT2D eigenvalue weighted by Gasteiger charge is -2.44. The molecule has 0 N–H and O–H groups in total. The van der Waals surface area contributed by atoms with E-state index in [1.54, 1.807) is 0 Å². The Morgan fingerprint density at radius 3 is 2.16 bits per heavy atom. The van der Waals surface area contributed by atoms with Crippen molar-refractivity contribution >= 4 is 14.3 Å². The summed E-state index contributed by atoms with van der Waals surface area (Å²) in [5, 5.41) is 0. The fraction of sp³-hybridized carbons (Fsp3) is 0.864. The molecule has 3 unspecified atom stereocenters. The highest BCUT2D eigenvalue weighted by atomic mass is 28.4. The lowest BCUT2D eigenvalue weighted by Crippen LogP contribution is -2.48. The van der Waals surface area contributed by atoms with Gasteiger partial charge < -0.3 is 4.43 Å². The third-order valence-electron chi connectivity index (χ3n) is 7.32. The summed E-state index contributed by atoms with van der Waals surface area (Å²) >= 11 is 0. The second kappa shape index (κ2) is 9.39. The SMILES string of the molecule is CCC1(C(=O)O[Si](CC)(CC)CC)CC2C=CC1CCCCCCC2. The summed E-state index contributed by atoms with van der Waals surface area (Å²) in [7, 11) is -1.89. The van der Waals surface area contributed by atoms with Crippen LogP contribution in [0, 0.1) is 17.3 Å². The van der Waals surface area contributed by atoms with Crippen molar-refractivity contribution in [3.05, 3.63) is 12.2 Å². The summed E-state index contributed by atoms with van der Waals surface area (Å²) in [4.78, 5) is 13.6. The van der Waals surface area contributed by atoms with Crippen LogP contribution < -0.4 is 0 Å². The van der Waals surface area contributed by atoms with Gasteiger partial charge in [0.25, 0.3) is 14.3 Å². The number of rotatable bonds is 6. The molecular weight excluding hydrogens is 324 g/mol. The number of hydrogen-bond acceptors (Lipinski definition) is 2. The topological polar surface area (TPSA) is 26.3 Å². The van der Waals surface area contributed by atoms with Crippen LogP contribution in [0.3, 0.4) is 0 Å². The quantitative estimate of drug-likeness (QED) is 0.380. The molecule has 3 aliphatic carbocycles. The van der Waals surface area contributed by atoms with Crippen LogP contribution in [0.2, 0.25) is 18.1 Å². The molecule has 0 heterocycles. The van der Waals surface area contributed by atoms with Gasteiger partial charge in [0, 0.05) is 0 Å². The summed E-state index contributed by atoms with van der Waals surface area (Å²) < 4.78 is 6.44. The highest BCUT2D eigenvalue weighted by molar-refractivity contribution is 6.75. The van der Waals surface area contributed by atoms with Crippen molar-refractivity contribution in [3.8, 4) is 0 Å². The standard InChI is InChI=1S/C22H40O2Si/c1-5-22(21(23)24-25(6-2,7-3)8-4)18-19-14-12-10-9-11-13-15-20(22)17-16-19/h16-17,19-20H,5-15,18H2,1-4H3. The maximum absolute atomic E-state index is 13.6. The Bertz CT molecular complexity index is 447. The van der Waals surface area contributed by atoms with Gasteiger partial charge in [-0.3, -0.25) is 4.79 Å². The molecule has 3 aliphatic rings. The third-order valence-corrected chi connectivity index (χ3v) is 11.8. The van der Waals surface area contributed by atoms with Gasteiger partial charge in [-0.05, 0) is 55.7 Å². The van der Waals surface area contributed by atoms with Crippen molar-refractivity contribution in [2.75, 3.05) is 0 Å². The number of fused-ring (bicyclic) bond motifs is 7. The molecule has 3 heteroatoms. The van der Waals surface area contributed by atoms with E-state index in [2.05, 4.69) is 39.8 Å². The number of allylic oxidation sites excluding steroid dienone is 2. The average Bonchev–Trinajstić information content (AvgIpc) is 2.73. The molecule has 0 saturated heterocycles. The Labute approximate surface area is 156 Å². The Hall–Kier alpha value is -0.573. The summed E-state index contributed by atoms with van der Waals surface area (Å²) in [6.07, 6.45) is 15.8. The minimum absolute atomic E-state index is 0.158. The lowest BCUT2D eigenvalue weighted by atomic mass is 9.63. The molecular formula is C22H40O2Si. The molecule has 0 amide bonds. The van der Waals surface area contributed by atoms with Crippen LogP contribution in [-0.4, -0.2) is 14.3 Å². The summed E-state index contributed by atoms with van der Waals surface area (Å²) in [6, 6.07) is 3.15. The molecule has 2 nitrogen and oxygen atoms in total. The van der Waals surface area contributed by atoms with Gasteiger partial charge in [-0.1, -0.05) is 72.0 Å². The fourth-order valence-corrected chi connectivity index (χ4v) is 7.61. The summed E-state index contributed by atoms with van der Waals surface area (Å²) in [6.45, 7) is 8.87. The number of carbonyl (C=O) groups is 1. The van der Waals surface area contributed by atoms with Gasteiger partial charge >= 0.3 is 0 Å².